The molecule has 0 saturated carbocycles. The molecular weight excluding hydrogens is 252 g/mol. The average molecular weight is 271 g/mol. The first-order valence-corrected chi connectivity index (χ1v) is 7.14. The van der Waals surface area contributed by atoms with Crippen LogP contribution in [0.15, 0.2) is 42.5 Å². The Morgan fingerprint density at radius 1 is 1.15 bits per heavy atom. The third-order valence-corrected chi connectivity index (χ3v) is 3.40. The number of hydrogen-bond donors (Lipinski definition) is 0. The van der Waals surface area contributed by atoms with Gasteiger partial charge in [-0.2, -0.15) is 0 Å². The monoisotopic (exact) mass is 271 g/mol. The van der Waals surface area contributed by atoms with Crippen LogP contribution in [-0.4, -0.2) is 19.5 Å². The Balaban J connectivity index is 1.73. The van der Waals surface area contributed by atoms with Crippen molar-refractivity contribution in [3.63, 3.8) is 0 Å². The maximum absolute atomic E-state index is 5.77. The van der Waals surface area contributed by atoms with Gasteiger partial charge >= 0.3 is 0 Å². The Morgan fingerprint density at radius 2 is 2.00 bits per heavy atom. The Hall–Kier alpha value is -1.42. The van der Waals surface area contributed by atoms with Crippen LogP contribution in [0.25, 0.3) is 10.8 Å². The van der Waals surface area contributed by atoms with Crippen molar-refractivity contribution in [1.82, 2.24) is 0 Å². The normalized spacial score (nSPS) is 19.8. The molecule has 20 heavy (non-hydrogen) atoms. The van der Waals surface area contributed by atoms with Gasteiger partial charge in [-0.05, 0) is 17.2 Å². The first-order chi connectivity index (χ1) is 9.88. The summed E-state index contributed by atoms with van der Waals surface area (Å²) in [5.41, 5.74) is 0.990. The van der Waals surface area contributed by atoms with Gasteiger partial charge in [0.15, 0.2) is 6.29 Å². The highest BCUT2D eigenvalue weighted by molar-refractivity contribution is 5.86. The zero-order chi connectivity index (χ0) is 13.8. The third kappa shape index (κ3) is 2.85. The topological polar surface area (TPSA) is 27.7 Å². The molecule has 0 aromatic heterocycles. The van der Waals surface area contributed by atoms with Crippen LogP contribution in [0.4, 0.5) is 0 Å². The van der Waals surface area contributed by atoms with Crippen LogP contribution in [0.3, 0.4) is 0 Å². The highest BCUT2D eigenvalue weighted by atomic mass is 16.8. The summed E-state index contributed by atoms with van der Waals surface area (Å²) in [6.07, 6.45) is 2.45. The number of fused-ring (bicyclic) bond motifs is 1. The standard InChI is InChI=1S/C17H19O3/c1-2-3-11-18-16-12-19-17(20-16)15-10-6-8-13-7-4-5-9-14(13)15/h4-10,16H,2-3,11-12H2,1H3. The van der Waals surface area contributed by atoms with E-state index in [-0.39, 0.29) is 6.29 Å². The Kier molecular flexibility index (Phi) is 4.31. The van der Waals surface area contributed by atoms with Gasteiger partial charge in [-0.25, -0.2) is 0 Å². The minimum absolute atomic E-state index is 0.282. The van der Waals surface area contributed by atoms with Crippen LogP contribution in [0.2, 0.25) is 0 Å². The van der Waals surface area contributed by atoms with E-state index in [2.05, 4.69) is 25.1 Å². The van der Waals surface area contributed by atoms with Gasteiger partial charge in [0.2, 0.25) is 0 Å². The van der Waals surface area contributed by atoms with Crippen LogP contribution in [0.5, 0.6) is 0 Å². The number of benzene rings is 2. The van der Waals surface area contributed by atoms with E-state index < -0.39 is 0 Å². The molecule has 2 aromatic rings. The Labute approximate surface area is 119 Å². The molecule has 105 valence electrons. The van der Waals surface area contributed by atoms with E-state index in [9.17, 15) is 0 Å². The van der Waals surface area contributed by atoms with Crippen molar-refractivity contribution in [3.05, 3.63) is 54.3 Å². The van der Waals surface area contributed by atoms with Gasteiger partial charge in [0.25, 0.3) is 6.29 Å². The van der Waals surface area contributed by atoms with Crippen molar-refractivity contribution in [2.75, 3.05) is 13.2 Å². The van der Waals surface area contributed by atoms with Crippen LogP contribution < -0.4 is 0 Å². The fraction of sp³-hybridized carbons (Fsp3) is 0.353. The predicted octanol–water partition coefficient (Wildman–Crippen LogP) is 3.87. The van der Waals surface area contributed by atoms with E-state index >= 15 is 0 Å². The highest BCUT2D eigenvalue weighted by Gasteiger charge is 2.30. The first-order valence-electron chi connectivity index (χ1n) is 7.14. The molecule has 0 bridgehead atoms. The molecule has 1 aliphatic rings. The number of unbranched alkanes of at least 4 members (excludes halogenated alkanes) is 1. The summed E-state index contributed by atoms with van der Waals surface area (Å²) in [5.74, 6) is 0. The smallest absolute Gasteiger partial charge is 0.259 e. The van der Waals surface area contributed by atoms with Gasteiger partial charge in [0.1, 0.15) is 6.61 Å². The van der Waals surface area contributed by atoms with Crippen molar-refractivity contribution in [3.8, 4) is 0 Å². The van der Waals surface area contributed by atoms with Gasteiger partial charge < -0.3 is 14.2 Å². The van der Waals surface area contributed by atoms with Crippen LogP contribution in [0.1, 0.15) is 25.3 Å². The van der Waals surface area contributed by atoms with E-state index in [4.69, 9.17) is 14.2 Å². The molecule has 3 rings (SSSR count). The summed E-state index contributed by atoms with van der Waals surface area (Å²) in [7, 11) is 0. The second kappa shape index (κ2) is 6.35. The molecular formula is C17H19O3. The molecule has 1 unspecified atom stereocenters. The molecule has 1 radical (unpaired) electrons. The molecule has 1 aliphatic heterocycles. The molecule has 3 heteroatoms. The van der Waals surface area contributed by atoms with Gasteiger partial charge in [-0.3, -0.25) is 0 Å². The second-order valence-electron chi connectivity index (χ2n) is 4.90. The summed E-state index contributed by atoms with van der Waals surface area (Å²) < 4.78 is 17.1. The van der Waals surface area contributed by atoms with Gasteiger partial charge in [0, 0.05) is 12.2 Å². The lowest BCUT2D eigenvalue weighted by atomic mass is 10.0. The van der Waals surface area contributed by atoms with Crippen LogP contribution in [0, 0.1) is 6.29 Å². The minimum atomic E-state index is -0.282. The molecule has 0 spiro atoms. The maximum atomic E-state index is 5.77. The molecule has 0 aliphatic carbocycles. The van der Waals surface area contributed by atoms with Crippen molar-refractivity contribution in [1.29, 1.82) is 0 Å². The van der Waals surface area contributed by atoms with Crippen LogP contribution >= 0.6 is 0 Å². The molecule has 3 nitrogen and oxygen atoms in total. The molecule has 1 fully saturated rings. The highest BCUT2D eigenvalue weighted by Crippen LogP contribution is 2.31. The summed E-state index contributed by atoms with van der Waals surface area (Å²) in [4.78, 5) is 0. The van der Waals surface area contributed by atoms with E-state index in [1.165, 1.54) is 5.39 Å². The second-order valence-corrected chi connectivity index (χ2v) is 4.90. The summed E-state index contributed by atoms with van der Waals surface area (Å²) in [6.45, 7) is 3.32. The lowest BCUT2D eigenvalue weighted by molar-refractivity contribution is -0.0982. The van der Waals surface area contributed by atoms with Gasteiger partial charge in [-0.15, -0.1) is 0 Å². The largest absolute Gasteiger partial charge is 0.350 e. The molecule has 2 aromatic carbocycles. The molecule has 1 atom stereocenters. The van der Waals surface area contributed by atoms with Gasteiger partial charge in [-0.1, -0.05) is 55.8 Å². The number of hydrogen-bond acceptors (Lipinski definition) is 3. The quantitative estimate of drug-likeness (QED) is 0.773. The first kappa shape index (κ1) is 13.6. The van der Waals surface area contributed by atoms with E-state index in [0.29, 0.717) is 19.5 Å². The third-order valence-electron chi connectivity index (χ3n) is 3.40. The fourth-order valence-corrected chi connectivity index (χ4v) is 2.32. The van der Waals surface area contributed by atoms with Crippen molar-refractivity contribution < 1.29 is 14.2 Å². The number of rotatable bonds is 5. The summed E-state index contributed by atoms with van der Waals surface area (Å²) in [5, 5.41) is 2.32. The zero-order valence-electron chi connectivity index (χ0n) is 11.7. The Morgan fingerprint density at radius 3 is 2.90 bits per heavy atom. The number of ether oxygens (including phenoxy) is 3. The predicted molar refractivity (Wildman–Crippen MR) is 78.0 cm³/mol. The lowest BCUT2D eigenvalue weighted by Gasteiger charge is -2.12. The van der Waals surface area contributed by atoms with Crippen molar-refractivity contribution >= 4 is 10.8 Å². The molecule has 0 amide bonds. The maximum Gasteiger partial charge on any atom is 0.259 e. The van der Waals surface area contributed by atoms with Gasteiger partial charge in [0.05, 0.1) is 0 Å². The zero-order valence-corrected chi connectivity index (χ0v) is 11.7. The van der Waals surface area contributed by atoms with E-state index in [1.54, 1.807) is 0 Å². The molecule has 1 saturated heterocycles. The lowest BCUT2D eigenvalue weighted by Crippen LogP contribution is -2.15. The Bertz CT molecular complexity index is 562. The molecule has 0 N–H and O–H groups in total. The van der Waals surface area contributed by atoms with Crippen molar-refractivity contribution in [2.45, 2.75) is 26.1 Å². The van der Waals surface area contributed by atoms with E-state index in [1.807, 2.05) is 24.3 Å². The molecule has 1 heterocycles. The van der Waals surface area contributed by atoms with Crippen molar-refractivity contribution in [2.24, 2.45) is 0 Å². The van der Waals surface area contributed by atoms with E-state index in [0.717, 1.165) is 23.8 Å². The minimum Gasteiger partial charge on any atom is -0.350 e. The average Bonchev–Trinajstić information content (AvgIpc) is 2.96. The summed E-state index contributed by atoms with van der Waals surface area (Å²) >= 11 is 0. The summed E-state index contributed by atoms with van der Waals surface area (Å²) in [6, 6.07) is 14.3. The SMILES string of the molecule is CCCCOC1CO[C](c2cccc3ccccc23)O1. The van der Waals surface area contributed by atoms with Crippen LogP contribution in [-0.2, 0) is 14.2 Å². The fourth-order valence-electron chi connectivity index (χ4n) is 2.32.